The van der Waals surface area contributed by atoms with Crippen LogP contribution in [-0.2, 0) is 19.2 Å². The fourth-order valence-corrected chi connectivity index (χ4v) is 3.82. The standard InChI is InChI=1S/C18H16N4O9/c1-8-5-12(23)10(6-13(24)25)14(8)16(22(30)31)17(26)18(27)20-15-9(7-19)3-2-4-11(15)21(28)29/h2-4,8,10,14,16H,5-6H2,1H3,(H,20,27)(H,24,25)/t8-,10+,14+,16-/m0/s1. The summed E-state index contributed by atoms with van der Waals surface area (Å²) in [7, 11) is 0. The van der Waals surface area contributed by atoms with Crippen molar-refractivity contribution in [2.24, 2.45) is 17.8 Å². The fourth-order valence-electron chi connectivity index (χ4n) is 3.82. The lowest BCUT2D eigenvalue weighted by Gasteiger charge is -2.22. The van der Waals surface area contributed by atoms with Gasteiger partial charge in [-0.1, -0.05) is 13.0 Å². The van der Waals surface area contributed by atoms with E-state index in [0.29, 0.717) is 0 Å². The molecule has 162 valence electrons. The molecule has 0 aromatic heterocycles. The van der Waals surface area contributed by atoms with Crippen molar-refractivity contribution >= 4 is 34.8 Å². The van der Waals surface area contributed by atoms with Crippen LogP contribution in [0.5, 0.6) is 0 Å². The van der Waals surface area contributed by atoms with Crippen LogP contribution in [-0.4, -0.2) is 44.4 Å². The van der Waals surface area contributed by atoms with Gasteiger partial charge < -0.3 is 10.4 Å². The number of ketones is 2. The number of nitrogens with one attached hydrogen (secondary N) is 1. The van der Waals surface area contributed by atoms with Crippen LogP contribution < -0.4 is 5.32 Å². The predicted molar refractivity (Wildman–Crippen MR) is 100 cm³/mol. The van der Waals surface area contributed by atoms with Gasteiger partial charge in [0.15, 0.2) is 0 Å². The van der Waals surface area contributed by atoms with Crippen molar-refractivity contribution in [2.45, 2.75) is 25.8 Å². The van der Waals surface area contributed by atoms with Crippen molar-refractivity contribution < 1.29 is 34.1 Å². The highest BCUT2D eigenvalue weighted by Gasteiger charge is 2.54. The van der Waals surface area contributed by atoms with Crippen LogP contribution in [0.15, 0.2) is 18.2 Å². The number of carboxylic acid groups (broad SMARTS) is 1. The lowest BCUT2D eigenvalue weighted by Crippen LogP contribution is -2.47. The summed E-state index contributed by atoms with van der Waals surface area (Å²) >= 11 is 0. The first-order valence-corrected chi connectivity index (χ1v) is 8.90. The van der Waals surface area contributed by atoms with Gasteiger partial charge in [0.2, 0.25) is 0 Å². The van der Waals surface area contributed by atoms with Gasteiger partial charge >= 0.3 is 5.97 Å². The van der Waals surface area contributed by atoms with E-state index >= 15 is 0 Å². The molecule has 0 saturated heterocycles. The molecule has 0 heterocycles. The molecule has 1 aromatic carbocycles. The Hall–Kier alpha value is -4.21. The Balaban J connectivity index is 2.41. The molecule has 31 heavy (non-hydrogen) atoms. The van der Waals surface area contributed by atoms with E-state index < -0.39 is 74.9 Å². The summed E-state index contributed by atoms with van der Waals surface area (Å²) < 4.78 is 0. The Morgan fingerprint density at radius 2 is 1.97 bits per heavy atom. The fraction of sp³-hybridized carbons (Fsp3) is 0.389. The van der Waals surface area contributed by atoms with E-state index in [1.54, 1.807) is 6.07 Å². The maximum absolute atomic E-state index is 12.7. The average molecular weight is 432 g/mol. The van der Waals surface area contributed by atoms with Gasteiger partial charge in [0.1, 0.15) is 17.5 Å². The average Bonchev–Trinajstić information content (AvgIpc) is 2.94. The van der Waals surface area contributed by atoms with Crippen LogP contribution >= 0.6 is 0 Å². The molecule has 1 saturated carbocycles. The molecule has 0 aliphatic heterocycles. The van der Waals surface area contributed by atoms with Crippen molar-refractivity contribution in [1.29, 1.82) is 5.26 Å². The number of amides is 1. The van der Waals surface area contributed by atoms with Crippen molar-refractivity contribution in [3.63, 3.8) is 0 Å². The third-order valence-corrected chi connectivity index (χ3v) is 5.14. The number of nitro groups is 2. The Bertz CT molecular complexity index is 1030. The van der Waals surface area contributed by atoms with Crippen LogP contribution in [0.1, 0.15) is 25.3 Å². The van der Waals surface area contributed by atoms with Crippen molar-refractivity contribution in [3.8, 4) is 6.07 Å². The minimum Gasteiger partial charge on any atom is -0.481 e. The van der Waals surface area contributed by atoms with Crippen molar-refractivity contribution in [3.05, 3.63) is 44.0 Å². The van der Waals surface area contributed by atoms with Crippen LogP contribution in [0.25, 0.3) is 0 Å². The van der Waals surface area contributed by atoms with E-state index in [1.165, 1.54) is 13.0 Å². The second kappa shape index (κ2) is 9.08. The minimum absolute atomic E-state index is 0.190. The van der Waals surface area contributed by atoms with Crippen LogP contribution in [0.4, 0.5) is 11.4 Å². The smallest absolute Gasteiger partial charge is 0.304 e. The van der Waals surface area contributed by atoms with Gasteiger partial charge in [0.05, 0.1) is 16.9 Å². The minimum atomic E-state index is -2.24. The number of anilines is 1. The first kappa shape index (κ1) is 23.1. The molecule has 2 N–H and O–H groups in total. The number of aliphatic carboxylic acids is 1. The van der Waals surface area contributed by atoms with E-state index in [0.717, 1.165) is 12.1 Å². The van der Waals surface area contributed by atoms with Crippen LogP contribution in [0.2, 0.25) is 0 Å². The number of carbonyl (C=O) groups is 4. The highest BCUT2D eigenvalue weighted by atomic mass is 16.6. The summed E-state index contributed by atoms with van der Waals surface area (Å²) in [6.07, 6.45) is -0.930. The maximum atomic E-state index is 12.7. The molecular formula is C18H16N4O9. The number of carboxylic acids is 1. The summed E-state index contributed by atoms with van der Waals surface area (Å²) in [5.41, 5.74) is -1.65. The number of nitro benzene ring substituents is 1. The zero-order chi connectivity index (χ0) is 23.5. The lowest BCUT2D eigenvalue weighted by atomic mass is 9.80. The van der Waals surface area contributed by atoms with E-state index in [2.05, 4.69) is 0 Å². The molecule has 1 fully saturated rings. The topological polar surface area (TPSA) is 211 Å². The molecule has 1 aliphatic rings. The quantitative estimate of drug-likeness (QED) is 0.337. The summed E-state index contributed by atoms with van der Waals surface area (Å²) in [5.74, 6) is -8.58. The number of hydrogen-bond acceptors (Lipinski definition) is 9. The van der Waals surface area contributed by atoms with Crippen LogP contribution in [0.3, 0.4) is 0 Å². The molecule has 13 heteroatoms. The highest BCUT2D eigenvalue weighted by Crippen LogP contribution is 2.40. The summed E-state index contributed by atoms with van der Waals surface area (Å²) in [4.78, 5) is 69.2. The number of nitrogens with zero attached hydrogens (tertiary/aromatic N) is 3. The number of hydrogen-bond donors (Lipinski definition) is 2. The summed E-state index contributed by atoms with van der Waals surface area (Å²) in [6, 6.07) is 2.65. The Morgan fingerprint density at radius 3 is 2.48 bits per heavy atom. The number of nitriles is 1. The van der Waals surface area contributed by atoms with Gasteiger partial charge in [-0.2, -0.15) is 5.26 Å². The van der Waals surface area contributed by atoms with Crippen LogP contribution in [0, 0.1) is 49.3 Å². The highest BCUT2D eigenvalue weighted by molar-refractivity contribution is 6.42. The molecule has 1 aromatic rings. The summed E-state index contributed by atoms with van der Waals surface area (Å²) in [5, 5.41) is 42.9. The molecule has 1 amide bonds. The monoisotopic (exact) mass is 432 g/mol. The molecule has 0 radical (unpaired) electrons. The molecule has 4 atom stereocenters. The lowest BCUT2D eigenvalue weighted by molar-refractivity contribution is -0.518. The predicted octanol–water partition coefficient (Wildman–Crippen LogP) is 0.935. The number of Topliss-reactive ketones (excluding diaryl/α,β-unsaturated/α-hetero) is 2. The van der Waals surface area contributed by atoms with Gasteiger partial charge in [0.25, 0.3) is 23.4 Å². The van der Waals surface area contributed by atoms with Crippen molar-refractivity contribution in [1.82, 2.24) is 0 Å². The SMILES string of the molecule is C[C@H]1CC(=O)[C@@H](CC(=O)O)[C@@H]1[C@@H](C(=O)C(=O)Nc1c(C#N)cccc1[N+](=O)[O-])[N+](=O)[O-]. The Kier molecular flexibility index (Phi) is 6.75. The van der Waals surface area contributed by atoms with Crippen molar-refractivity contribution in [2.75, 3.05) is 5.32 Å². The van der Waals surface area contributed by atoms with Gasteiger partial charge in [-0.05, 0) is 12.0 Å². The second-order valence-corrected chi connectivity index (χ2v) is 7.05. The molecular weight excluding hydrogens is 416 g/mol. The maximum Gasteiger partial charge on any atom is 0.304 e. The zero-order valence-corrected chi connectivity index (χ0v) is 16.0. The third-order valence-electron chi connectivity index (χ3n) is 5.14. The Labute approximate surface area is 173 Å². The molecule has 0 bridgehead atoms. The van der Waals surface area contributed by atoms with E-state index in [9.17, 15) is 39.4 Å². The molecule has 13 nitrogen and oxygen atoms in total. The molecule has 1 aliphatic carbocycles. The molecule has 0 unspecified atom stereocenters. The molecule has 0 spiro atoms. The molecule has 2 rings (SSSR count). The van der Waals surface area contributed by atoms with Gasteiger partial charge in [-0.25, -0.2) is 0 Å². The normalized spacial score (nSPS) is 21.0. The number of rotatable bonds is 8. The first-order valence-electron chi connectivity index (χ1n) is 8.90. The second-order valence-electron chi connectivity index (χ2n) is 7.05. The Morgan fingerprint density at radius 1 is 1.32 bits per heavy atom. The van der Waals surface area contributed by atoms with Gasteiger partial charge in [-0.3, -0.25) is 39.4 Å². The third kappa shape index (κ3) is 4.69. The van der Waals surface area contributed by atoms with E-state index in [1.807, 2.05) is 5.32 Å². The van der Waals surface area contributed by atoms with Gasteiger partial charge in [-0.15, -0.1) is 0 Å². The number of carbonyl (C=O) groups excluding carboxylic acids is 3. The number of benzene rings is 1. The van der Waals surface area contributed by atoms with E-state index in [-0.39, 0.29) is 12.0 Å². The van der Waals surface area contributed by atoms with Gasteiger partial charge in [0, 0.05) is 29.2 Å². The van der Waals surface area contributed by atoms with E-state index in [4.69, 9.17) is 10.4 Å². The zero-order valence-electron chi connectivity index (χ0n) is 16.0. The largest absolute Gasteiger partial charge is 0.481 e. The summed E-state index contributed by atoms with van der Waals surface area (Å²) in [6.45, 7) is 1.43. The first-order chi connectivity index (χ1) is 14.5. The number of para-hydroxylation sites is 1.